The third-order valence-electron chi connectivity index (χ3n) is 4.56. The third-order valence-corrected chi connectivity index (χ3v) is 4.76. The molecule has 0 amide bonds. The molecule has 0 fully saturated rings. The van der Waals surface area contributed by atoms with Crippen LogP contribution in [0.2, 0.25) is 5.15 Å². The summed E-state index contributed by atoms with van der Waals surface area (Å²) in [4.78, 5) is 9.44. The molecule has 1 aliphatic heterocycles. The average molecular weight is 375 g/mol. The van der Waals surface area contributed by atoms with Crippen LogP contribution in [-0.4, -0.2) is 20.5 Å². The number of halogens is 1. The average Bonchev–Trinajstić information content (AvgIpc) is 3.33. The molecule has 3 heterocycles. The maximum absolute atomic E-state index is 6.27. The van der Waals surface area contributed by atoms with E-state index >= 15 is 0 Å². The van der Waals surface area contributed by atoms with E-state index < -0.39 is 0 Å². The minimum atomic E-state index is -0.204. The fourth-order valence-corrected chi connectivity index (χ4v) is 3.43. The Morgan fingerprint density at radius 2 is 1.56 bits per heavy atom. The van der Waals surface area contributed by atoms with Gasteiger partial charge in [0, 0.05) is 0 Å². The predicted octanol–water partition coefficient (Wildman–Crippen LogP) is 4.64. The zero-order chi connectivity index (χ0) is 18.2. The molecule has 132 valence electrons. The van der Waals surface area contributed by atoms with E-state index in [1.165, 1.54) is 0 Å². The number of aromatic nitrogens is 3. The lowest BCUT2D eigenvalue weighted by Crippen LogP contribution is -2.09. The van der Waals surface area contributed by atoms with E-state index in [1.807, 2.05) is 42.5 Å². The van der Waals surface area contributed by atoms with Gasteiger partial charge in [0.1, 0.15) is 16.9 Å². The standard InChI is InChI=1S/C21H15ClN4O/c22-17-11-12-18-23-16(13-26(18)25-17)21-24-19(14-7-3-1-4-8-14)20(27-21)15-9-5-2-6-10-15/h1-13,19-20H/t19-,20-/m1/s1. The van der Waals surface area contributed by atoms with E-state index in [1.54, 1.807) is 16.8 Å². The highest BCUT2D eigenvalue weighted by Crippen LogP contribution is 2.40. The molecule has 0 saturated carbocycles. The Labute approximate surface area is 160 Å². The van der Waals surface area contributed by atoms with Crippen LogP contribution in [0.25, 0.3) is 5.65 Å². The lowest BCUT2D eigenvalue weighted by molar-refractivity contribution is 0.196. The summed E-state index contributed by atoms with van der Waals surface area (Å²) in [5.41, 5.74) is 3.52. The fraction of sp³-hybridized carbons (Fsp3) is 0.0952. The molecule has 4 aromatic rings. The Hall–Kier alpha value is -3.18. The minimum Gasteiger partial charge on any atom is -0.465 e. The topological polar surface area (TPSA) is 51.8 Å². The van der Waals surface area contributed by atoms with Crippen molar-refractivity contribution in [1.82, 2.24) is 14.6 Å². The Kier molecular flexibility index (Phi) is 3.87. The van der Waals surface area contributed by atoms with E-state index in [2.05, 4.69) is 34.3 Å². The minimum absolute atomic E-state index is 0.134. The summed E-state index contributed by atoms with van der Waals surface area (Å²) < 4.78 is 7.91. The van der Waals surface area contributed by atoms with Crippen molar-refractivity contribution in [3.05, 3.63) is 101 Å². The maximum Gasteiger partial charge on any atom is 0.238 e. The van der Waals surface area contributed by atoms with Crippen molar-refractivity contribution in [3.8, 4) is 0 Å². The van der Waals surface area contributed by atoms with Gasteiger partial charge in [0.15, 0.2) is 11.8 Å². The van der Waals surface area contributed by atoms with Crippen molar-refractivity contribution in [1.29, 1.82) is 0 Å². The van der Waals surface area contributed by atoms with Gasteiger partial charge in [-0.05, 0) is 23.3 Å². The number of benzene rings is 2. The Morgan fingerprint density at radius 1 is 0.852 bits per heavy atom. The van der Waals surface area contributed by atoms with Gasteiger partial charge in [0.25, 0.3) is 0 Å². The number of rotatable bonds is 3. The van der Waals surface area contributed by atoms with Crippen LogP contribution in [0.4, 0.5) is 0 Å². The van der Waals surface area contributed by atoms with Crippen LogP contribution in [0.5, 0.6) is 0 Å². The first-order valence-electron chi connectivity index (χ1n) is 8.64. The molecule has 2 aromatic heterocycles. The summed E-state index contributed by atoms with van der Waals surface area (Å²) in [7, 11) is 0. The molecule has 1 aliphatic rings. The highest BCUT2D eigenvalue weighted by atomic mass is 35.5. The summed E-state index contributed by atoms with van der Waals surface area (Å²) >= 11 is 5.97. The van der Waals surface area contributed by atoms with Gasteiger partial charge in [-0.1, -0.05) is 72.3 Å². The molecule has 0 saturated heterocycles. The fourth-order valence-electron chi connectivity index (χ4n) is 3.29. The van der Waals surface area contributed by atoms with Crippen molar-refractivity contribution in [2.45, 2.75) is 12.1 Å². The second kappa shape index (κ2) is 6.52. The highest BCUT2D eigenvalue weighted by Gasteiger charge is 2.34. The second-order valence-electron chi connectivity index (χ2n) is 6.32. The molecule has 27 heavy (non-hydrogen) atoms. The lowest BCUT2D eigenvalue weighted by atomic mass is 9.97. The zero-order valence-corrected chi connectivity index (χ0v) is 15.0. The van der Waals surface area contributed by atoms with Crippen molar-refractivity contribution in [2.24, 2.45) is 4.99 Å². The van der Waals surface area contributed by atoms with Gasteiger partial charge in [0.2, 0.25) is 5.90 Å². The number of nitrogens with zero attached hydrogens (tertiary/aromatic N) is 4. The van der Waals surface area contributed by atoms with Crippen LogP contribution in [0.15, 0.2) is 84.0 Å². The molecule has 0 bridgehead atoms. The number of imidazole rings is 1. The molecule has 6 heteroatoms. The lowest BCUT2D eigenvalue weighted by Gasteiger charge is -2.18. The number of ether oxygens (including phenoxy) is 1. The van der Waals surface area contributed by atoms with Crippen molar-refractivity contribution < 1.29 is 4.74 Å². The molecular formula is C21H15ClN4O. The van der Waals surface area contributed by atoms with Gasteiger partial charge in [-0.15, -0.1) is 0 Å². The quantitative estimate of drug-likeness (QED) is 0.524. The normalized spacial score (nSPS) is 19.1. The van der Waals surface area contributed by atoms with Gasteiger partial charge in [-0.25, -0.2) is 14.5 Å². The Balaban J connectivity index is 1.58. The van der Waals surface area contributed by atoms with Crippen LogP contribution in [0.3, 0.4) is 0 Å². The largest absolute Gasteiger partial charge is 0.465 e. The number of hydrogen-bond donors (Lipinski definition) is 0. The molecule has 5 nitrogen and oxygen atoms in total. The van der Waals surface area contributed by atoms with Gasteiger partial charge < -0.3 is 4.74 Å². The molecular weight excluding hydrogens is 360 g/mol. The van der Waals surface area contributed by atoms with Gasteiger partial charge in [-0.2, -0.15) is 5.10 Å². The molecule has 0 N–H and O–H groups in total. The van der Waals surface area contributed by atoms with Crippen LogP contribution in [0, 0.1) is 0 Å². The first kappa shape index (κ1) is 16.0. The number of hydrogen-bond acceptors (Lipinski definition) is 4. The van der Waals surface area contributed by atoms with Crippen LogP contribution >= 0.6 is 11.6 Å². The summed E-state index contributed by atoms with van der Waals surface area (Å²) in [5.74, 6) is 0.513. The Bertz CT molecular complexity index is 1120. The number of fused-ring (bicyclic) bond motifs is 1. The molecule has 0 radical (unpaired) electrons. The van der Waals surface area contributed by atoms with E-state index in [4.69, 9.17) is 21.3 Å². The first-order chi connectivity index (χ1) is 13.3. The van der Waals surface area contributed by atoms with Gasteiger partial charge in [0.05, 0.1) is 6.20 Å². The molecule has 5 rings (SSSR count). The smallest absolute Gasteiger partial charge is 0.238 e. The van der Waals surface area contributed by atoms with E-state index in [-0.39, 0.29) is 12.1 Å². The molecule has 2 aromatic carbocycles. The van der Waals surface area contributed by atoms with Crippen molar-refractivity contribution >= 4 is 23.1 Å². The molecule has 0 spiro atoms. The Morgan fingerprint density at radius 3 is 2.30 bits per heavy atom. The zero-order valence-electron chi connectivity index (χ0n) is 14.2. The summed E-state index contributed by atoms with van der Waals surface area (Å²) in [5, 5.41) is 4.64. The van der Waals surface area contributed by atoms with Crippen LogP contribution in [0.1, 0.15) is 29.0 Å². The first-order valence-corrected chi connectivity index (χ1v) is 9.02. The van der Waals surface area contributed by atoms with Crippen LogP contribution in [-0.2, 0) is 4.74 Å². The third kappa shape index (κ3) is 2.96. The van der Waals surface area contributed by atoms with E-state index in [0.29, 0.717) is 22.4 Å². The molecule has 2 atom stereocenters. The summed E-state index contributed by atoms with van der Waals surface area (Å²) in [6.45, 7) is 0. The van der Waals surface area contributed by atoms with E-state index in [0.717, 1.165) is 11.1 Å². The maximum atomic E-state index is 6.27. The van der Waals surface area contributed by atoms with Gasteiger partial charge >= 0.3 is 0 Å². The van der Waals surface area contributed by atoms with Crippen LogP contribution < -0.4 is 0 Å². The monoisotopic (exact) mass is 374 g/mol. The molecule has 0 aliphatic carbocycles. The second-order valence-corrected chi connectivity index (χ2v) is 6.71. The predicted molar refractivity (Wildman–Crippen MR) is 104 cm³/mol. The molecule has 0 unspecified atom stereocenters. The van der Waals surface area contributed by atoms with E-state index in [9.17, 15) is 0 Å². The highest BCUT2D eigenvalue weighted by molar-refractivity contribution is 6.29. The number of aliphatic imine (C=N–C) groups is 1. The van der Waals surface area contributed by atoms with Crippen molar-refractivity contribution in [2.75, 3.05) is 0 Å². The SMILES string of the molecule is Clc1ccc2nc(C3=N[C@H](c4ccccc4)[C@@H](c4ccccc4)O3)cn2n1. The summed E-state index contributed by atoms with van der Waals surface area (Å²) in [6.07, 6.45) is 1.58. The van der Waals surface area contributed by atoms with Crippen molar-refractivity contribution in [3.63, 3.8) is 0 Å². The van der Waals surface area contributed by atoms with Gasteiger partial charge in [-0.3, -0.25) is 0 Å². The summed E-state index contributed by atoms with van der Waals surface area (Å²) in [6, 6.07) is 23.7.